The Labute approximate surface area is 67.7 Å². The van der Waals surface area contributed by atoms with Gasteiger partial charge in [0.25, 0.3) is 5.91 Å². The van der Waals surface area contributed by atoms with E-state index >= 15 is 0 Å². The fraction of sp³-hybridized carbons (Fsp3) is 0.600. The van der Waals surface area contributed by atoms with Crippen LogP contribution in [0.25, 0.3) is 0 Å². The number of halogens is 1. The molecule has 1 rings (SSSR count). The Hall–Kier alpha value is -0.810. The molecule has 0 radical (unpaired) electrons. The number of aliphatic hydroxyl groups excluding tert-OH is 1. The van der Waals surface area contributed by atoms with E-state index < -0.39 is 23.0 Å². The van der Waals surface area contributed by atoms with Crippen LogP contribution in [0, 0.1) is 0 Å². The molecule has 5 nitrogen and oxygen atoms in total. The van der Waals surface area contributed by atoms with Crippen molar-refractivity contribution >= 4 is 23.5 Å². The maximum atomic E-state index is 10.9. The van der Waals surface area contributed by atoms with Crippen LogP contribution in [-0.2, 0) is 4.79 Å². The third-order valence-corrected chi connectivity index (χ3v) is 1.83. The highest BCUT2D eigenvalue weighted by atomic mass is 35.5. The summed E-state index contributed by atoms with van der Waals surface area (Å²) < 4.78 is 0. The minimum Gasteiger partial charge on any atom is -0.371 e. The number of imide groups is 1. The van der Waals surface area contributed by atoms with Crippen LogP contribution in [0.1, 0.15) is 6.92 Å². The summed E-state index contributed by atoms with van der Waals surface area (Å²) in [5.74, 6) is -0.699. The van der Waals surface area contributed by atoms with Gasteiger partial charge in [0.1, 0.15) is 0 Å². The second-order valence-electron chi connectivity index (χ2n) is 2.41. The van der Waals surface area contributed by atoms with Crippen molar-refractivity contribution in [3.63, 3.8) is 0 Å². The number of hydrogen-bond acceptors (Lipinski definition) is 3. The lowest BCUT2D eigenvalue weighted by atomic mass is 10.1. The predicted octanol–water partition coefficient (Wildman–Crippen LogP) is -0.858. The van der Waals surface area contributed by atoms with Crippen LogP contribution in [0.2, 0.25) is 0 Å². The average molecular weight is 179 g/mol. The van der Waals surface area contributed by atoms with E-state index in [-0.39, 0.29) is 0 Å². The quantitative estimate of drug-likeness (QED) is 0.423. The van der Waals surface area contributed by atoms with Crippen molar-refractivity contribution in [1.29, 1.82) is 0 Å². The monoisotopic (exact) mass is 178 g/mol. The molecule has 3 amide bonds. The van der Waals surface area contributed by atoms with Crippen LogP contribution in [0.4, 0.5) is 4.79 Å². The standard InChI is InChI=1S/C5H7ClN2O3/c1-5(6)2(9)7-4(11)8-3(5)10/h2,9H,1H3,(H2,7,8,10,11). The molecule has 11 heavy (non-hydrogen) atoms. The van der Waals surface area contributed by atoms with E-state index in [4.69, 9.17) is 16.7 Å². The van der Waals surface area contributed by atoms with Gasteiger partial charge in [-0.25, -0.2) is 4.79 Å². The maximum absolute atomic E-state index is 10.9. The van der Waals surface area contributed by atoms with Crippen molar-refractivity contribution in [1.82, 2.24) is 10.6 Å². The van der Waals surface area contributed by atoms with Crippen molar-refractivity contribution in [3.05, 3.63) is 0 Å². The van der Waals surface area contributed by atoms with Crippen LogP contribution in [0.5, 0.6) is 0 Å². The number of alkyl halides is 1. The Balaban J connectivity index is 2.84. The van der Waals surface area contributed by atoms with E-state index in [1.54, 1.807) is 0 Å². The fourth-order valence-electron chi connectivity index (χ4n) is 0.645. The van der Waals surface area contributed by atoms with Crippen molar-refractivity contribution in [2.75, 3.05) is 0 Å². The van der Waals surface area contributed by atoms with Gasteiger partial charge in [0, 0.05) is 0 Å². The lowest BCUT2D eigenvalue weighted by Gasteiger charge is -2.31. The summed E-state index contributed by atoms with van der Waals surface area (Å²) in [6, 6.07) is -0.736. The van der Waals surface area contributed by atoms with Gasteiger partial charge in [0.05, 0.1) is 0 Å². The second kappa shape index (κ2) is 2.35. The Morgan fingerprint density at radius 3 is 2.64 bits per heavy atom. The van der Waals surface area contributed by atoms with Gasteiger partial charge in [0.2, 0.25) is 0 Å². The third-order valence-electron chi connectivity index (χ3n) is 1.45. The molecule has 1 fully saturated rings. The summed E-state index contributed by atoms with van der Waals surface area (Å²) in [4.78, 5) is 19.9. The largest absolute Gasteiger partial charge is 0.371 e. The maximum Gasteiger partial charge on any atom is 0.323 e. The molecule has 0 saturated carbocycles. The van der Waals surface area contributed by atoms with Crippen molar-refractivity contribution in [2.24, 2.45) is 0 Å². The van der Waals surface area contributed by atoms with E-state index in [0.717, 1.165) is 0 Å². The Morgan fingerprint density at radius 2 is 2.18 bits per heavy atom. The molecule has 1 saturated heterocycles. The van der Waals surface area contributed by atoms with Crippen LogP contribution < -0.4 is 10.6 Å². The molecule has 1 aliphatic heterocycles. The highest BCUT2D eigenvalue weighted by Gasteiger charge is 2.44. The minimum atomic E-state index is -1.48. The predicted molar refractivity (Wildman–Crippen MR) is 36.9 cm³/mol. The van der Waals surface area contributed by atoms with E-state index in [1.807, 2.05) is 5.32 Å². The molecule has 2 unspecified atom stereocenters. The Bertz CT molecular complexity index is 216. The second-order valence-corrected chi connectivity index (χ2v) is 3.19. The highest BCUT2D eigenvalue weighted by Crippen LogP contribution is 2.20. The number of amides is 3. The highest BCUT2D eigenvalue weighted by molar-refractivity contribution is 6.36. The number of aliphatic hydroxyl groups is 1. The molecule has 1 heterocycles. The van der Waals surface area contributed by atoms with Gasteiger partial charge in [-0.05, 0) is 6.92 Å². The van der Waals surface area contributed by atoms with E-state index in [0.29, 0.717) is 0 Å². The minimum absolute atomic E-state index is 0.699. The van der Waals surface area contributed by atoms with Gasteiger partial charge in [-0.1, -0.05) is 0 Å². The Kier molecular flexibility index (Phi) is 1.77. The number of carbonyl (C=O) groups excluding carboxylic acids is 2. The lowest BCUT2D eigenvalue weighted by Crippen LogP contribution is -2.65. The zero-order chi connectivity index (χ0) is 8.65. The van der Waals surface area contributed by atoms with E-state index in [2.05, 4.69) is 5.32 Å². The smallest absolute Gasteiger partial charge is 0.323 e. The average Bonchev–Trinajstić information content (AvgIpc) is 1.84. The molecular weight excluding hydrogens is 172 g/mol. The summed E-state index contributed by atoms with van der Waals surface area (Å²) in [5, 5.41) is 13.0. The molecule has 6 heteroatoms. The van der Waals surface area contributed by atoms with Crippen LogP contribution in [0.3, 0.4) is 0 Å². The summed E-state index contributed by atoms with van der Waals surface area (Å²) >= 11 is 5.56. The number of nitrogens with one attached hydrogen (secondary N) is 2. The molecule has 2 atom stereocenters. The topological polar surface area (TPSA) is 78.4 Å². The van der Waals surface area contributed by atoms with Crippen molar-refractivity contribution < 1.29 is 14.7 Å². The number of hydrogen-bond donors (Lipinski definition) is 3. The van der Waals surface area contributed by atoms with Gasteiger partial charge in [0.15, 0.2) is 11.1 Å². The molecule has 3 N–H and O–H groups in total. The first-order valence-electron chi connectivity index (χ1n) is 2.93. The molecule has 0 aromatic carbocycles. The molecular formula is C5H7ClN2O3. The van der Waals surface area contributed by atoms with Crippen LogP contribution >= 0.6 is 11.6 Å². The molecule has 62 valence electrons. The number of rotatable bonds is 0. The van der Waals surface area contributed by atoms with Gasteiger partial charge in [-0.3, -0.25) is 10.1 Å². The molecule has 0 aromatic heterocycles. The fourth-order valence-corrected chi connectivity index (χ4v) is 0.747. The van der Waals surface area contributed by atoms with Gasteiger partial charge in [-0.2, -0.15) is 0 Å². The van der Waals surface area contributed by atoms with Gasteiger partial charge in [-0.15, -0.1) is 11.6 Å². The zero-order valence-electron chi connectivity index (χ0n) is 5.72. The summed E-state index contributed by atoms with van der Waals surface area (Å²) in [7, 11) is 0. The first-order valence-corrected chi connectivity index (χ1v) is 3.31. The summed E-state index contributed by atoms with van der Waals surface area (Å²) in [6.07, 6.45) is -1.34. The van der Waals surface area contributed by atoms with Gasteiger partial charge >= 0.3 is 6.03 Å². The van der Waals surface area contributed by atoms with Crippen LogP contribution in [-0.4, -0.2) is 28.1 Å². The summed E-state index contributed by atoms with van der Waals surface area (Å²) in [5.41, 5.74) is 0. The SMILES string of the molecule is CC1(Cl)C(=O)NC(=O)NC1O. The lowest BCUT2D eigenvalue weighted by molar-refractivity contribution is -0.127. The van der Waals surface area contributed by atoms with E-state index in [1.165, 1.54) is 6.92 Å². The van der Waals surface area contributed by atoms with Crippen molar-refractivity contribution in [3.8, 4) is 0 Å². The molecule has 0 aliphatic carbocycles. The Morgan fingerprint density at radius 1 is 1.64 bits per heavy atom. The van der Waals surface area contributed by atoms with Crippen LogP contribution in [0.15, 0.2) is 0 Å². The first-order chi connectivity index (χ1) is 4.94. The zero-order valence-corrected chi connectivity index (χ0v) is 6.47. The van der Waals surface area contributed by atoms with E-state index in [9.17, 15) is 9.59 Å². The molecule has 1 aliphatic rings. The van der Waals surface area contributed by atoms with Crippen molar-refractivity contribution in [2.45, 2.75) is 18.0 Å². The molecule has 0 spiro atoms. The molecule has 0 bridgehead atoms. The third kappa shape index (κ3) is 1.29. The van der Waals surface area contributed by atoms with Gasteiger partial charge < -0.3 is 10.4 Å². The normalized spacial score (nSPS) is 37.9. The number of carbonyl (C=O) groups is 2. The summed E-state index contributed by atoms with van der Waals surface area (Å²) in [6.45, 7) is 1.31. The number of urea groups is 1. The molecule has 0 aromatic rings. The first kappa shape index (κ1) is 8.29.